The van der Waals surface area contributed by atoms with Gasteiger partial charge in [0, 0.05) is 55.6 Å². The van der Waals surface area contributed by atoms with E-state index in [0.29, 0.717) is 0 Å². The largest absolute Gasteiger partial charge is 0.493 e. The highest BCUT2D eigenvalue weighted by molar-refractivity contribution is 6.05. The Balaban J connectivity index is 1.09. The number of methoxy groups -OCH3 is 2. The lowest BCUT2D eigenvalue weighted by atomic mass is 9.98. The molecular weight excluding hydrogens is 536 g/mol. The molecule has 218 valence electrons. The molecule has 2 aromatic heterocycles. The molecule has 0 aliphatic carbocycles. The topological polar surface area (TPSA) is 68.6 Å². The van der Waals surface area contributed by atoms with E-state index in [9.17, 15) is 4.79 Å². The molecule has 0 saturated heterocycles. The minimum atomic E-state index is -0.174. The summed E-state index contributed by atoms with van der Waals surface area (Å²) in [5.74, 6) is 1.40. The first-order valence-electron chi connectivity index (χ1n) is 14.6. The van der Waals surface area contributed by atoms with Crippen LogP contribution in [0.3, 0.4) is 0 Å². The minimum Gasteiger partial charge on any atom is -0.493 e. The maximum Gasteiger partial charge on any atom is 0.248 e. The van der Waals surface area contributed by atoms with Gasteiger partial charge in [0.05, 0.1) is 19.9 Å². The van der Waals surface area contributed by atoms with Crippen LogP contribution in [0.5, 0.6) is 11.5 Å². The Hall–Kier alpha value is -4.88. The Morgan fingerprint density at radius 3 is 2.44 bits per heavy atom. The summed E-state index contributed by atoms with van der Waals surface area (Å²) in [5, 5.41) is 4.02. The van der Waals surface area contributed by atoms with Gasteiger partial charge in [-0.25, -0.2) is 4.98 Å². The van der Waals surface area contributed by atoms with Gasteiger partial charge in [-0.3, -0.25) is 9.69 Å². The lowest BCUT2D eigenvalue weighted by Crippen LogP contribution is -2.32. The normalized spacial score (nSPS) is 13.3. The first-order valence-corrected chi connectivity index (χ1v) is 14.6. The maximum absolute atomic E-state index is 12.9. The highest BCUT2D eigenvalue weighted by Crippen LogP contribution is 2.34. The fourth-order valence-electron chi connectivity index (χ4n) is 5.92. The molecule has 3 heterocycles. The van der Waals surface area contributed by atoms with E-state index in [-0.39, 0.29) is 5.91 Å². The average molecular weight is 573 g/mol. The quantitative estimate of drug-likeness (QED) is 0.204. The third-order valence-electron chi connectivity index (χ3n) is 8.17. The van der Waals surface area contributed by atoms with E-state index >= 15 is 0 Å². The molecule has 0 saturated carbocycles. The molecule has 43 heavy (non-hydrogen) atoms. The summed E-state index contributed by atoms with van der Waals surface area (Å²) < 4.78 is 13.1. The number of ether oxygens (including phenoxy) is 2. The molecular formula is C36H36N4O3. The van der Waals surface area contributed by atoms with Gasteiger partial charge < -0.3 is 19.4 Å². The van der Waals surface area contributed by atoms with Crippen LogP contribution in [-0.4, -0.2) is 47.7 Å². The number of carbonyl (C=O) groups is 1. The van der Waals surface area contributed by atoms with Crippen molar-refractivity contribution in [2.45, 2.75) is 19.4 Å². The zero-order chi connectivity index (χ0) is 29.8. The van der Waals surface area contributed by atoms with E-state index in [4.69, 9.17) is 9.47 Å². The second-order valence-electron chi connectivity index (χ2n) is 10.8. The predicted octanol–water partition coefficient (Wildman–Crippen LogP) is 6.51. The van der Waals surface area contributed by atoms with Gasteiger partial charge in [0.25, 0.3) is 0 Å². The molecule has 1 N–H and O–H groups in total. The number of hydrogen-bond donors (Lipinski definition) is 1. The van der Waals surface area contributed by atoms with Gasteiger partial charge in [-0.15, -0.1) is 0 Å². The monoisotopic (exact) mass is 572 g/mol. The number of fused-ring (bicyclic) bond motifs is 2. The standard InChI is InChI=1S/C36H36N4O3/c1-39-35(26-8-5-4-6-9-26)30(31-10-7-19-37-36(31)39)15-16-34(41)38-29-13-11-25(12-14-29)17-20-40-21-18-27-22-32(42-2)33(43-3)23-28(27)24-40/h4-16,19,22-23H,17-18,20-21,24H2,1-3H3,(H,38,41)/b16-15+. The molecule has 1 aliphatic rings. The Labute approximate surface area is 252 Å². The van der Waals surface area contributed by atoms with Crippen LogP contribution in [0, 0.1) is 0 Å². The summed E-state index contributed by atoms with van der Waals surface area (Å²) in [6.45, 7) is 2.88. The Kier molecular flexibility index (Phi) is 8.24. The van der Waals surface area contributed by atoms with Crippen molar-refractivity contribution in [3.63, 3.8) is 0 Å². The van der Waals surface area contributed by atoms with Gasteiger partial charge in [0.15, 0.2) is 11.5 Å². The van der Waals surface area contributed by atoms with Gasteiger partial charge in [-0.1, -0.05) is 42.5 Å². The number of pyridine rings is 1. The third kappa shape index (κ3) is 6.03. The van der Waals surface area contributed by atoms with Crippen molar-refractivity contribution in [2.75, 3.05) is 32.6 Å². The van der Waals surface area contributed by atoms with Gasteiger partial charge in [-0.2, -0.15) is 0 Å². The third-order valence-corrected chi connectivity index (χ3v) is 8.17. The van der Waals surface area contributed by atoms with Crippen molar-refractivity contribution in [3.8, 4) is 22.8 Å². The highest BCUT2D eigenvalue weighted by Gasteiger charge is 2.19. The van der Waals surface area contributed by atoms with Crippen molar-refractivity contribution < 1.29 is 14.3 Å². The Morgan fingerprint density at radius 2 is 1.70 bits per heavy atom. The number of anilines is 1. The van der Waals surface area contributed by atoms with Crippen LogP contribution in [0.2, 0.25) is 0 Å². The van der Waals surface area contributed by atoms with Crippen molar-refractivity contribution >= 4 is 28.7 Å². The van der Waals surface area contributed by atoms with Crippen molar-refractivity contribution in [2.24, 2.45) is 7.05 Å². The summed E-state index contributed by atoms with van der Waals surface area (Å²) in [6, 6.07) is 26.5. The number of aryl methyl sites for hydroxylation is 1. The zero-order valence-corrected chi connectivity index (χ0v) is 24.8. The molecule has 0 radical (unpaired) electrons. The number of carbonyl (C=O) groups excluding carboxylic acids is 1. The van der Waals surface area contributed by atoms with Crippen molar-refractivity contribution in [3.05, 3.63) is 113 Å². The van der Waals surface area contributed by atoms with Crippen LogP contribution in [0.15, 0.2) is 91.1 Å². The summed E-state index contributed by atoms with van der Waals surface area (Å²) in [6.07, 6.45) is 7.21. The second kappa shape index (κ2) is 12.5. The van der Waals surface area contributed by atoms with E-state index in [1.807, 2.05) is 55.6 Å². The number of benzene rings is 3. The van der Waals surface area contributed by atoms with E-state index < -0.39 is 0 Å². The van der Waals surface area contributed by atoms with E-state index in [1.165, 1.54) is 16.7 Å². The van der Waals surface area contributed by atoms with E-state index in [2.05, 4.69) is 56.2 Å². The van der Waals surface area contributed by atoms with E-state index in [1.54, 1.807) is 26.5 Å². The predicted molar refractivity (Wildman–Crippen MR) is 172 cm³/mol. The fourth-order valence-corrected chi connectivity index (χ4v) is 5.92. The summed E-state index contributed by atoms with van der Waals surface area (Å²) in [7, 11) is 5.37. The highest BCUT2D eigenvalue weighted by atomic mass is 16.5. The number of amides is 1. The van der Waals surface area contributed by atoms with Crippen LogP contribution in [-0.2, 0) is 31.2 Å². The Morgan fingerprint density at radius 1 is 0.953 bits per heavy atom. The van der Waals surface area contributed by atoms with Crippen LogP contribution in [0.25, 0.3) is 28.4 Å². The molecule has 5 aromatic rings. The molecule has 0 spiro atoms. The van der Waals surface area contributed by atoms with Crippen LogP contribution in [0.4, 0.5) is 5.69 Å². The molecule has 7 nitrogen and oxygen atoms in total. The lowest BCUT2D eigenvalue weighted by Gasteiger charge is -2.29. The second-order valence-corrected chi connectivity index (χ2v) is 10.8. The first-order chi connectivity index (χ1) is 21.0. The molecule has 0 unspecified atom stereocenters. The van der Waals surface area contributed by atoms with Crippen LogP contribution >= 0.6 is 0 Å². The smallest absolute Gasteiger partial charge is 0.248 e. The molecule has 1 amide bonds. The molecule has 6 rings (SSSR count). The van der Waals surface area contributed by atoms with Crippen molar-refractivity contribution in [1.82, 2.24) is 14.5 Å². The molecule has 0 atom stereocenters. The van der Waals surface area contributed by atoms with Gasteiger partial charge >= 0.3 is 0 Å². The Bertz CT molecular complexity index is 1770. The van der Waals surface area contributed by atoms with Gasteiger partial charge in [0.2, 0.25) is 5.91 Å². The molecule has 3 aromatic carbocycles. The SMILES string of the molecule is COc1cc2c(cc1OC)CN(CCc1ccc(NC(=O)/C=C/c3c(-c4ccccc4)n(C)c4ncccc34)cc1)CC2. The van der Waals surface area contributed by atoms with Crippen LogP contribution in [0.1, 0.15) is 22.3 Å². The van der Waals surface area contributed by atoms with Crippen molar-refractivity contribution in [1.29, 1.82) is 0 Å². The average Bonchev–Trinajstić information content (AvgIpc) is 3.34. The first kappa shape index (κ1) is 28.2. The summed E-state index contributed by atoms with van der Waals surface area (Å²) >= 11 is 0. The van der Waals surface area contributed by atoms with Gasteiger partial charge in [-0.05, 0) is 77.6 Å². The summed E-state index contributed by atoms with van der Waals surface area (Å²) in [4.78, 5) is 20.0. The molecule has 7 heteroatoms. The lowest BCUT2D eigenvalue weighted by molar-refractivity contribution is -0.111. The summed E-state index contributed by atoms with van der Waals surface area (Å²) in [5.41, 5.74) is 8.59. The minimum absolute atomic E-state index is 0.174. The molecule has 0 fully saturated rings. The molecule has 1 aliphatic heterocycles. The van der Waals surface area contributed by atoms with Gasteiger partial charge in [0.1, 0.15) is 5.65 Å². The fraction of sp³-hybridized carbons (Fsp3) is 0.222. The number of hydrogen-bond acceptors (Lipinski definition) is 5. The number of nitrogens with one attached hydrogen (secondary N) is 1. The maximum atomic E-state index is 12.9. The number of rotatable bonds is 9. The zero-order valence-electron chi connectivity index (χ0n) is 24.8. The number of nitrogens with zero attached hydrogens (tertiary/aromatic N) is 3. The molecule has 0 bridgehead atoms. The number of aromatic nitrogens is 2. The van der Waals surface area contributed by atoms with E-state index in [0.717, 1.165) is 77.5 Å². The van der Waals surface area contributed by atoms with Crippen LogP contribution < -0.4 is 14.8 Å².